The SMILES string of the molecule is CN1COc2ccc(C(=O)c3ccc4c(c3)CN(CCN3COc5ccc(S(=O)(=O)c6ccc7c(c6)CN(C)CO7)cc5C3)CO4)cc2C1. The molecule has 0 atom stereocenters. The summed E-state index contributed by atoms with van der Waals surface area (Å²) in [5, 5.41) is 0. The van der Waals surface area contributed by atoms with E-state index in [0.29, 0.717) is 76.5 Å². The lowest BCUT2D eigenvalue weighted by molar-refractivity contribution is 0.0520. The Morgan fingerprint density at radius 3 is 1.43 bits per heavy atom. The largest absolute Gasteiger partial charge is 0.478 e. The monoisotopic (exact) mass is 682 g/mol. The zero-order chi connectivity index (χ0) is 33.7. The number of sulfone groups is 1. The molecule has 4 aromatic rings. The summed E-state index contributed by atoms with van der Waals surface area (Å²) in [6.07, 6.45) is 0. The van der Waals surface area contributed by atoms with Crippen LogP contribution in [0.25, 0.3) is 0 Å². The summed E-state index contributed by atoms with van der Waals surface area (Å²) in [6.45, 7) is 5.83. The minimum absolute atomic E-state index is 0.0327. The maximum absolute atomic E-state index is 13.7. The average Bonchev–Trinajstić information content (AvgIpc) is 3.12. The molecule has 0 amide bonds. The van der Waals surface area contributed by atoms with E-state index in [-0.39, 0.29) is 15.6 Å². The van der Waals surface area contributed by atoms with E-state index in [1.54, 1.807) is 36.4 Å². The van der Waals surface area contributed by atoms with Gasteiger partial charge in [-0.1, -0.05) is 0 Å². The van der Waals surface area contributed by atoms with Crippen LogP contribution in [0.4, 0.5) is 0 Å². The molecule has 4 aliphatic heterocycles. The third kappa shape index (κ3) is 6.38. The highest BCUT2D eigenvalue weighted by atomic mass is 32.2. The summed E-state index contributed by atoms with van der Waals surface area (Å²) < 4.78 is 50.9. The van der Waals surface area contributed by atoms with Crippen molar-refractivity contribution in [3.8, 4) is 23.0 Å². The molecule has 8 rings (SSSR count). The second kappa shape index (κ2) is 12.8. The summed E-state index contributed by atoms with van der Waals surface area (Å²) in [7, 11) is 0.181. The van der Waals surface area contributed by atoms with Crippen LogP contribution in [0.2, 0.25) is 0 Å². The molecular formula is C37H38N4O7S. The zero-order valence-electron chi connectivity index (χ0n) is 27.6. The first kappa shape index (κ1) is 31.8. The summed E-state index contributed by atoms with van der Waals surface area (Å²) in [5.74, 6) is 3.00. The molecule has 11 nitrogen and oxygen atoms in total. The molecule has 0 aliphatic carbocycles. The number of rotatable bonds is 7. The van der Waals surface area contributed by atoms with Gasteiger partial charge in [0.05, 0.1) is 9.79 Å². The fourth-order valence-corrected chi connectivity index (χ4v) is 8.11. The maximum atomic E-state index is 13.7. The summed E-state index contributed by atoms with van der Waals surface area (Å²) in [4.78, 5) is 22.4. The Morgan fingerprint density at radius 1 is 0.551 bits per heavy atom. The Bertz CT molecular complexity index is 2050. The summed E-state index contributed by atoms with van der Waals surface area (Å²) in [6, 6.07) is 21.4. The van der Waals surface area contributed by atoms with Gasteiger partial charge in [-0.3, -0.25) is 24.4 Å². The third-order valence-electron chi connectivity index (χ3n) is 9.42. The Hall–Kier alpha value is -4.46. The Kier molecular flexibility index (Phi) is 8.29. The van der Waals surface area contributed by atoms with E-state index in [9.17, 15) is 13.2 Å². The molecule has 49 heavy (non-hydrogen) atoms. The number of ketones is 1. The van der Waals surface area contributed by atoms with Crippen molar-refractivity contribution in [3.05, 3.63) is 106 Å². The molecule has 0 fully saturated rings. The quantitative estimate of drug-likeness (QED) is 0.261. The van der Waals surface area contributed by atoms with Crippen molar-refractivity contribution >= 4 is 15.6 Å². The third-order valence-corrected chi connectivity index (χ3v) is 11.2. The van der Waals surface area contributed by atoms with Crippen LogP contribution in [0, 0.1) is 0 Å². The van der Waals surface area contributed by atoms with Gasteiger partial charge in [-0.25, -0.2) is 8.42 Å². The summed E-state index contributed by atoms with van der Waals surface area (Å²) in [5.41, 5.74) is 4.92. The van der Waals surface area contributed by atoms with Gasteiger partial charge in [0.15, 0.2) is 5.78 Å². The first-order chi connectivity index (χ1) is 23.7. The predicted octanol–water partition coefficient (Wildman–Crippen LogP) is 4.32. The number of hydrogen-bond acceptors (Lipinski definition) is 11. The number of nitrogens with zero attached hydrogens (tertiary/aromatic N) is 4. The van der Waals surface area contributed by atoms with Gasteiger partial charge in [0.1, 0.15) is 49.9 Å². The molecule has 0 radical (unpaired) electrons. The number of ether oxygens (including phenoxy) is 4. The fraction of sp³-hybridized carbons (Fsp3) is 0.324. The second-order valence-corrected chi connectivity index (χ2v) is 15.2. The smallest absolute Gasteiger partial charge is 0.206 e. The van der Waals surface area contributed by atoms with E-state index in [4.69, 9.17) is 18.9 Å². The van der Waals surface area contributed by atoms with Crippen molar-refractivity contribution in [3.63, 3.8) is 0 Å². The first-order valence-corrected chi connectivity index (χ1v) is 17.8. The van der Waals surface area contributed by atoms with Crippen LogP contribution in [0.5, 0.6) is 23.0 Å². The number of hydrogen-bond donors (Lipinski definition) is 0. The van der Waals surface area contributed by atoms with Gasteiger partial charge in [-0.2, -0.15) is 0 Å². The van der Waals surface area contributed by atoms with Crippen molar-refractivity contribution < 1.29 is 32.2 Å². The first-order valence-electron chi connectivity index (χ1n) is 16.3. The van der Waals surface area contributed by atoms with Crippen LogP contribution in [0.3, 0.4) is 0 Å². The molecule has 0 saturated heterocycles. The van der Waals surface area contributed by atoms with Crippen molar-refractivity contribution in [2.45, 2.75) is 36.0 Å². The van der Waals surface area contributed by atoms with Gasteiger partial charge in [-0.05, 0) is 86.9 Å². The minimum Gasteiger partial charge on any atom is -0.478 e. The van der Waals surface area contributed by atoms with E-state index < -0.39 is 9.84 Å². The van der Waals surface area contributed by atoms with Crippen LogP contribution in [0.1, 0.15) is 38.2 Å². The van der Waals surface area contributed by atoms with Crippen molar-refractivity contribution in [1.29, 1.82) is 0 Å². The van der Waals surface area contributed by atoms with Crippen LogP contribution >= 0.6 is 0 Å². The second-order valence-electron chi connectivity index (χ2n) is 13.2. The zero-order valence-corrected chi connectivity index (χ0v) is 28.4. The van der Waals surface area contributed by atoms with Crippen LogP contribution in [-0.2, 0) is 36.0 Å². The Morgan fingerprint density at radius 2 is 0.939 bits per heavy atom. The van der Waals surface area contributed by atoms with Crippen molar-refractivity contribution in [1.82, 2.24) is 19.6 Å². The Balaban J connectivity index is 0.915. The topological polar surface area (TPSA) is 101 Å². The van der Waals surface area contributed by atoms with Crippen molar-refractivity contribution in [2.24, 2.45) is 0 Å². The standard InChI is InChI=1S/C37H38N4O7S/c1-38-17-27-13-25(3-7-33(27)45-21-38)37(42)26-4-8-34-28(14-26)19-40(23-47-34)11-12-41-20-30-16-32(6-10-36(30)48-24-41)49(43,44)31-5-9-35-29(15-31)18-39(2)22-46-35/h3-10,13-16H,11-12,17-24H2,1-2H3. The maximum Gasteiger partial charge on any atom is 0.206 e. The number of carbonyl (C=O) groups excluding carboxylic acids is 1. The highest BCUT2D eigenvalue weighted by molar-refractivity contribution is 7.91. The average molecular weight is 683 g/mol. The highest BCUT2D eigenvalue weighted by Crippen LogP contribution is 2.34. The molecule has 0 spiro atoms. The number of fused-ring (bicyclic) bond motifs is 4. The van der Waals surface area contributed by atoms with Gasteiger partial charge in [-0.15, -0.1) is 0 Å². The number of benzene rings is 4. The van der Waals surface area contributed by atoms with Gasteiger partial charge < -0.3 is 18.9 Å². The van der Waals surface area contributed by atoms with Crippen molar-refractivity contribution in [2.75, 3.05) is 54.1 Å². The predicted molar refractivity (Wildman–Crippen MR) is 180 cm³/mol. The lowest BCUT2D eigenvalue weighted by atomic mass is 9.98. The molecule has 0 aromatic heterocycles. The van der Waals surface area contributed by atoms with E-state index in [2.05, 4.69) is 14.7 Å². The molecule has 0 bridgehead atoms. The van der Waals surface area contributed by atoms with Crippen LogP contribution < -0.4 is 18.9 Å². The van der Waals surface area contributed by atoms with Gasteiger partial charge >= 0.3 is 0 Å². The molecule has 0 saturated carbocycles. The molecule has 12 heteroatoms. The minimum atomic E-state index is -3.74. The van der Waals surface area contributed by atoms with Gasteiger partial charge in [0.25, 0.3) is 0 Å². The molecule has 4 aromatic carbocycles. The molecule has 4 aliphatic rings. The Labute approximate surface area is 286 Å². The number of carbonyl (C=O) groups is 1. The van der Waals surface area contributed by atoms with E-state index in [1.165, 1.54) is 0 Å². The molecule has 0 N–H and O–H groups in total. The van der Waals surface area contributed by atoms with Crippen LogP contribution in [-0.4, -0.2) is 87.9 Å². The van der Waals surface area contributed by atoms with Gasteiger partial charge in [0, 0.05) is 72.6 Å². The molecule has 0 unspecified atom stereocenters. The molecular weight excluding hydrogens is 644 g/mol. The normalized spacial score (nSPS) is 18.1. The molecule has 254 valence electrons. The van der Waals surface area contributed by atoms with E-state index >= 15 is 0 Å². The lowest BCUT2D eigenvalue weighted by Gasteiger charge is -2.33. The van der Waals surface area contributed by atoms with E-state index in [1.807, 2.05) is 55.4 Å². The summed E-state index contributed by atoms with van der Waals surface area (Å²) >= 11 is 0. The van der Waals surface area contributed by atoms with Gasteiger partial charge in [0.2, 0.25) is 9.84 Å². The highest BCUT2D eigenvalue weighted by Gasteiger charge is 2.27. The lowest BCUT2D eigenvalue weighted by Crippen LogP contribution is -2.41. The fourth-order valence-electron chi connectivity index (χ4n) is 6.74. The van der Waals surface area contributed by atoms with E-state index in [0.717, 1.165) is 46.0 Å². The molecule has 4 heterocycles. The van der Waals surface area contributed by atoms with Crippen LogP contribution in [0.15, 0.2) is 82.6 Å².